The summed E-state index contributed by atoms with van der Waals surface area (Å²) < 4.78 is 40.4. The van der Waals surface area contributed by atoms with E-state index < -0.39 is 21.9 Å². The number of halogens is 1. The van der Waals surface area contributed by atoms with Gasteiger partial charge in [0.15, 0.2) is 0 Å². The lowest BCUT2D eigenvalue weighted by Crippen LogP contribution is -2.32. The maximum Gasteiger partial charge on any atom is 0.243 e. The molecule has 2 aromatic carbocycles. The molecule has 1 unspecified atom stereocenters. The lowest BCUT2D eigenvalue weighted by Gasteiger charge is -2.27. The van der Waals surface area contributed by atoms with E-state index in [9.17, 15) is 12.8 Å². The highest BCUT2D eigenvalue weighted by atomic mass is 32.2. The molecule has 0 bridgehead atoms. The fourth-order valence-electron chi connectivity index (χ4n) is 2.65. The van der Waals surface area contributed by atoms with Gasteiger partial charge in [0.2, 0.25) is 10.0 Å². The van der Waals surface area contributed by atoms with E-state index >= 15 is 0 Å². The fourth-order valence-corrected chi connectivity index (χ4v) is 3.97. The largest absolute Gasteiger partial charge is 0.259 e. The molecule has 0 aliphatic heterocycles. The van der Waals surface area contributed by atoms with Gasteiger partial charge >= 0.3 is 0 Å². The van der Waals surface area contributed by atoms with E-state index in [1.165, 1.54) is 23.5 Å². The van der Waals surface area contributed by atoms with Gasteiger partial charge in [0.1, 0.15) is 5.82 Å². The Bertz CT molecular complexity index is 891. The number of aromatic nitrogens is 1. The molecule has 0 amide bonds. The van der Waals surface area contributed by atoms with Gasteiger partial charge in [-0.25, -0.2) is 12.8 Å². The quantitative estimate of drug-likeness (QED) is 0.701. The molecule has 0 radical (unpaired) electrons. The molecule has 0 fully saturated rings. The molecule has 0 saturated carbocycles. The number of nitrogens with zero attached hydrogens (tertiary/aromatic N) is 2. The average Bonchev–Trinajstić information content (AvgIpc) is 2.64. The molecule has 0 spiro atoms. The Kier molecular flexibility index (Phi) is 4.92. The summed E-state index contributed by atoms with van der Waals surface area (Å²) in [5.74, 6) is -0.481. The van der Waals surface area contributed by atoms with Crippen molar-refractivity contribution >= 4 is 10.0 Å². The Hall–Kier alpha value is -2.57. The van der Waals surface area contributed by atoms with Crippen molar-refractivity contribution in [2.24, 2.45) is 0 Å². The van der Waals surface area contributed by atoms with Crippen molar-refractivity contribution in [1.29, 1.82) is 0 Å². The number of hydrogen-bond acceptors (Lipinski definition) is 3. The van der Waals surface area contributed by atoms with Gasteiger partial charge in [0.25, 0.3) is 0 Å². The zero-order valence-electron chi connectivity index (χ0n) is 13.6. The van der Waals surface area contributed by atoms with Gasteiger partial charge in [-0.2, -0.15) is 4.31 Å². The molecule has 1 heterocycles. The van der Waals surface area contributed by atoms with Crippen molar-refractivity contribution < 1.29 is 12.8 Å². The minimum atomic E-state index is -3.82. The Morgan fingerprint density at radius 3 is 2.16 bits per heavy atom. The van der Waals surface area contributed by atoms with Crippen molar-refractivity contribution in [3.05, 3.63) is 96.1 Å². The van der Waals surface area contributed by atoms with Crippen LogP contribution in [0.3, 0.4) is 0 Å². The topological polar surface area (TPSA) is 50.3 Å². The SMILES string of the molecule is CN(C(c1ccccc1)c1ccccn1)S(=O)(=O)c1ccc(F)cc1. The van der Waals surface area contributed by atoms with Crippen LogP contribution in [0.4, 0.5) is 4.39 Å². The summed E-state index contributed by atoms with van der Waals surface area (Å²) in [6, 6.07) is 18.9. The first-order chi connectivity index (χ1) is 12.0. The maximum absolute atomic E-state index is 13.1. The van der Waals surface area contributed by atoms with Crippen LogP contribution in [0.5, 0.6) is 0 Å². The molecule has 3 rings (SSSR count). The van der Waals surface area contributed by atoms with Crippen molar-refractivity contribution in [2.45, 2.75) is 10.9 Å². The number of sulfonamides is 1. The van der Waals surface area contributed by atoms with Crippen LogP contribution in [-0.2, 0) is 10.0 Å². The Morgan fingerprint density at radius 2 is 1.56 bits per heavy atom. The van der Waals surface area contributed by atoms with E-state index in [4.69, 9.17) is 0 Å². The lowest BCUT2D eigenvalue weighted by atomic mass is 10.0. The van der Waals surface area contributed by atoms with Gasteiger partial charge < -0.3 is 0 Å². The molecular formula is C19H17FN2O2S. The second kappa shape index (κ2) is 7.13. The number of rotatable bonds is 5. The number of hydrogen-bond donors (Lipinski definition) is 0. The van der Waals surface area contributed by atoms with Crippen LogP contribution >= 0.6 is 0 Å². The van der Waals surface area contributed by atoms with E-state index in [-0.39, 0.29) is 4.90 Å². The minimum absolute atomic E-state index is 0.0354. The second-order valence-electron chi connectivity index (χ2n) is 5.54. The summed E-state index contributed by atoms with van der Waals surface area (Å²) in [7, 11) is -2.32. The van der Waals surface area contributed by atoms with Crippen molar-refractivity contribution in [3.8, 4) is 0 Å². The van der Waals surface area contributed by atoms with Gasteiger partial charge in [-0.15, -0.1) is 0 Å². The monoisotopic (exact) mass is 356 g/mol. The van der Waals surface area contributed by atoms with Gasteiger partial charge in [0, 0.05) is 13.2 Å². The Morgan fingerprint density at radius 1 is 0.920 bits per heavy atom. The summed E-state index contributed by atoms with van der Waals surface area (Å²) in [6.45, 7) is 0. The summed E-state index contributed by atoms with van der Waals surface area (Å²) in [6.07, 6.45) is 1.63. The predicted octanol–water partition coefficient (Wildman–Crippen LogP) is 3.63. The Labute approximate surface area is 146 Å². The second-order valence-corrected chi connectivity index (χ2v) is 7.54. The van der Waals surface area contributed by atoms with E-state index in [0.29, 0.717) is 5.69 Å². The molecule has 3 aromatic rings. The molecule has 0 aliphatic carbocycles. The number of benzene rings is 2. The summed E-state index contributed by atoms with van der Waals surface area (Å²) >= 11 is 0. The van der Waals surface area contributed by atoms with Crippen molar-refractivity contribution in [2.75, 3.05) is 7.05 Å². The van der Waals surface area contributed by atoms with Crippen LogP contribution in [0.2, 0.25) is 0 Å². The molecule has 128 valence electrons. The maximum atomic E-state index is 13.1. The third-order valence-electron chi connectivity index (χ3n) is 3.94. The fraction of sp³-hybridized carbons (Fsp3) is 0.105. The Balaban J connectivity index is 2.08. The molecule has 0 saturated heterocycles. The zero-order valence-corrected chi connectivity index (χ0v) is 14.4. The molecule has 1 aromatic heterocycles. The van der Waals surface area contributed by atoms with Crippen molar-refractivity contribution in [1.82, 2.24) is 9.29 Å². The average molecular weight is 356 g/mol. The highest BCUT2D eigenvalue weighted by Gasteiger charge is 2.31. The first kappa shape index (κ1) is 17.3. The number of pyridine rings is 1. The molecule has 1 atom stereocenters. The van der Waals surface area contributed by atoms with E-state index in [1.807, 2.05) is 36.4 Å². The highest BCUT2D eigenvalue weighted by Crippen LogP contribution is 2.30. The van der Waals surface area contributed by atoms with Gasteiger partial charge in [-0.1, -0.05) is 36.4 Å². The van der Waals surface area contributed by atoms with Crippen LogP contribution in [0.25, 0.3) is 0 Å². The van der Waals surface area contributed by atoms with Gasteiger partial charge in [-0.3, -0.25) is 4.98 Å². The van der Waals surface area contributed by atoms with E-state index in [0.717, 1.165) is 17.7 Å². The van der Waals surface area contributed by atoms with E-state index in [2.05, 4.69) is 4.98 Å². The van der Waals surface area contributed by atoms with Gasteiger partial charge in [0.05, 0.1) is 16.6 Å². The van der Waals surface area contributed by atoms with Crippen LogP contribution in [0.15, 0.2) is 83.9 Å². The first-order valence-corrected chi connectivity index (χ1v) is 9.13. The minimum Gasteiger partial charge on any atom is -0.259 e. The predicted molar refractivity (Wildman–Crippen MR) is 93.9 cm³/mol. The molecule has 6 heteroatoms. The summed E-state index contributed by atoms with van der Waals surface area (Å²) in [5.41, 5.74) is 1.41. The molecular weight excluding hydrogens is 339 g/mol. The van der Waals surface area contributed by atoms with Gasteiger partial charge in [-0.05, 0) is 42.0 Å². The molecule has 0 N–H and O–H groups in total. The molecule has 0 aliphatic rings. The van der Waals surface area contributed by atoms with Crippen molar-refractivity contribution in [3.63, 3.8) is 0 Å². The smallest absolute Gasteiger partial charge is 0.243 e. The zero-order chi connectivity index (χ0) is 17.9. The third-order valence-corrected chi connectivity index (χ3v) is 5.77. The standard InChI is InChI=1S/C19H17FN2O2S/c1-22(25(23,24)17-12-10-16(20)11-13-17)19(15-7-3-2-4-8-15)18-9-5-6-14-21-18/h2-14,19H,1H3. The van der Waals surface area contributed by atoms with Crippen LogP contribution < -0.4 is 0 Å². The van der Waals surface area contributed by atoms with Crippen LogP contribution in [0, 0.1) is 5.82 Å². The highest BCUT2D eigenvalue weighted by molar-refractivity contribution is 7.89. The molecule has 25 heavy (non-hydrogen) atoms. The van der Waals surface area contributed by atoms with E-state index in [1.54, 1.807) is 18.3 Å². The summed E-state index contributed by atoms with van der Waals surface area (Å²) in [4.78, 5) is 4.37. The first-order valence-electron chi connectivity index (χ1n) is 7.69. The lowest BCUT2D eigenvalue weighted by molar-refractivity contribution is 0.411. The summed E-state index contributed by atoms with van der Waals surface area (Å²) in [5, 5.41) is 0. The molecule has 4 nitrogen and oxygen atoms in total. The normalized spacial score (nSPS) is 12.9. The third kappa shape index (κ3) is 3.60. The van der Waals surface area contributed by atoms with Crippen LogP contribution in [-0.4, -0.2) is 24.8 Å². The van der Waals surface area contributed by atoms with Crippen LogP contribution in [0.1, 0.15) is 17.3 Å².